The molecule has 78 heavy (non-hydrogen) atoms. The summed E-state index contributed by atoms with van der Waals surface area (Å²) < 4.78 is 0. The number of hydrogen-bond donors (Lipinski definition) is 0. The third-order valence-corrected chi connectivity index (χ3v) is 23.8. The molecule has 0 saturated heterocycles. The second-order valence-electron chi connectivity index (χ2n) is 27.6. The molecule has 0 bridgehead atoms. The van der Waals surface area contributed by atoms with Gasteiger partial charge in [-0.2, -0.15) is 0 Å². The van der Waals surface area contributed by atoms with Crippen molar-refractivity contribution in [2.24, 2.45) is 59.2 Å². The van der Waals surface area contributed by atoms with Crippen LogP contribution in [0.1, 0.15) is 354 Å². The first-order chi connectivity index (χ1) is 38.3. The zero-order valence-electron chi connectivity index (χ0n) is 52.4. The van der Waals surface area contributed by atoms with Gasteiger partial charge in [0.2, 0.25) is 0 Å². The smallest absolute Gasteiger partial charge is 0.144 e. The zero-order chi connectivity index (χ0) is 55.2. The average molecular weight is 1110 g/mol. The van der Waals surface area contributed by atoms with Gasteiger partial charge in [-0.15, -0.1) is 22.7 Å². The summed E-state index contributed by atoms with van der Waals surface area (Å²) >= 11 is 3.82. The summed E-state index contributed by atoms with van der Waals surface area (Å²) in [5.74, 6) is 6.69. The number of Topliss-reactive ketones (excluding diaryl/α,β-unsaturated/α-hetero) is 2. The topological polar surface area (TPSA) is 34.1 Å². The van der Waals surface area contributed by atoms with Gasteiger partial charge in [0.15, 0.2) is 0 Å². The third-order valence-electron chi connectivity index (χ3n) is 21.6. The summed E-state index contributed by atoms with van der Waals surface area (Å²) in [6.45, 7) is 13.8. The summed E-state index contributed by atoms with van der Waals surface area (Å²) in [7, 11) is 0. The molecule has 0 N–H and O–H groups in total. The molecule has 4 heteroatoms. The van der Waals surface area contributed by atoms with Crippen molar-refractivity contribution in [3.05, 3.63) is 43.8 Å². The highest BCUT2D eigenvalue weighted by atomic mass is 32.1. The number of aryl methyl sites for hydroxylation is 2. The minimum absolute atomic E-state index is 0.0894. The second kappa shape index (κ2) is 38.6. The Labute approximate surface area is 492 Å². The van der Waals surface area contributed by atoms with E-state index in [1.807, 2.05) is 22.7 Å². The maximum absolute atomic E-state index is 15.4. The monoisotopic (exact) mass is 1110 g/mol. The van der Waals surface area contributed by atoms with Gasteiger partial charge in [-0.25, -0.2) is 0 Å². The molecule has 4 fully saturated rings. The van der Waals surface area contributed by atoms with Crippen LogP contribution in [0.2, 0.25) is 0 Å². The molecule has 12 atom stereocenters. The summed E-state index contributed by atoms with van der Waals surface area (Å²) in [6.07, 6.45) is 62.9. The van der Waals surface area contributed by atoms with Crippen LogP contribution in [0.4, 0.5) is 0 Å². The molecular weight excluding hydrogens is 985 g/mol. The first-order valence-electron chi connectivity index (χ1n) is 35.5. The lowest BCUT2D eigenvalue weighted by Gasteiger charge is -2.55. The largest absolute Gasteiger partial charge is 0.299 e. The van der Waals surface area contributed by atoms with Crippen LogP contribution in [0.25, 0.3) is 0 Å². The Morgan fingerprint density at radius 1 is 0.346 bits per heavy atom. The van der Waals surface area contributed by atoms with Crippen molar-refractivity contribution in [1.82, 2.24) is 0 Å². The van der Waals surface area contributed by atoms with Crippen LogP contribution in [0.15, 0.2) is 24.3 Å². The van der Waals surface area contributed by atoms with E-state index in [0.29, 0.717) is 47.1 Å². The molecule has 0 radical (unpaired) electrons. The van der Waals surface area contributed by atoms with Crippen molar-refractivity contribution in [1.29, 1.82) is 0 Å². The van der Waals surface area contributed by atoms with E-state index in [-0.39, 0.29) is 23.7 Å². The van der Waals surface area contributed by atoms with Crippen LogP contribution in [0.3, 0.4) is 0 Å². The zero-order valence-corrected chi connectivity index (χ0v) is 54.0. The van der Waals surface area contributed by atoms with Crippen molar-refractivity contribution in [3.63, 3.8) is 0 Å². The molecule has 0 amide bonds. The van der Waals surface area contributed by atoms with Crippen molar-refractivity contribution in [2.45, 2.75) is 349 Å². The lowest BCUT2D eigenvalue weighted by Crippen LogP contribution is -2.50. The number of hydrogen-bond acceptors (Lipinski definition) is 4. The molecular formula is C74H126O2S2. The van der Waals surface area contributed by atoms with E-state index in [2.05, 4.69) is 65.8 Å². The predicted octanol–water partition coefficient (Wildman–Crippen LogP) is 24.7. The molecule has 446 valence electrons. The number of ketones is 2. The molecule has 6 rings (SSSR count). The third kappa shape index (κ3) is 21.7. The summed E-state index contributed by atoms with van der Waals surface area (Å²) in [5, 5.41) is 0. The Morgan fingerprint density at radius 3 is 0.846 bits per heavy atom. The van der Waals surface area contributed by atoms with Crippen LogP contribution < -0.4 is 0 Å². The Balaban J connectivity index is 1.26. The maximum Gasteiger partial charge on any atom is 0.144 e. The molecule has 2 aromatic rings. The Morgan fingerprint density at radius 2 is 0.603 bits per heavy atom. The Hall–Kier alpha value is -1.26. The van der Waals surface area contributed by atoms with Crippen LogP contribution in [-0.4, -0.2) is 11.6 Å². The molecule has 2 aromatic heterocycles. The van der Waals surface area contributed by atoms with Crippen LogP contribution >= 0.6 is 22.7 Å². The molecule has 4 saturated carbocycles. The molecule has 0 spiro atoms. The van der Waals surface area contributed by atoms with Gasteiger partial charge in [0.25, 0.3) is 0 Å². The van der Waals surface area contributed by atoms with E-state index < -0.39 is 0 Å². The summed E-state index contributed by atoms with van der Waals surface area (Å²) in [6, 6.07) is 9.24. The highest BCUT2D eigenvalue weighted by Crippen LogP contribution is 2.65. The molecule has 0 aliphatic heterocycles. The van der Waals surface area contributed by atoms with Crippen LogP contribution in [-0.2, 0) is 9.59 Å². The predicted molar refractivity (Wildman–Crippen MR) is 344 cm³/mol. The molecule has 2 heterocycles. The molecule has 12 unspecified atom stereocenters. The highest BCUT2D eigenvalue weighted by molar-refractivity contribution is 7.12. The number of unbranched alkanes of at least 4 members (excludes halogenated alkanes) is 32. The lowest BCUT2D eigenvalue weighted by atomic mass is 9.49. The fraction of sp³-hybridized carbons (Fsp3) is 0.865. The van der Waals surface area contributed by atoms with Crippen LogP contribution in [0, 0.1) is 73.0 Å². The Bertz CT molecular complexity index is 1720. The Kier molecular flexibility index (Phi) is 32.6. The van der Waals surface area contributed by atoms with Crippen LogP contribution in [0.5, 0.6) is 0 Å². The number of carbonyl (C=O) groups is 2. The van der Waals surface area contributed by atoms with Gasteiger partial charge in [0.05, 0.1) is 11.8 Å². The quantitative estimate of drug-likeness (QED) is 0.0619. The first kappa shape index (κ1) is 65.9. The van der Waals surface area contributed by atoms with E-state index in [1.165, 1.54) is 289 Å². The van der Waals surface area contributed by atoms with Crippen molar-refractivity contribution in [3.8, 4) is 0 Å². The van der Waals surface area contributed by atoms with E-state index in [4.69, 9.17) is 0 Å². The van der Waals surface area contributed by atoms with Gasteiger partial charge in [-0.05, 0) is 124 Å². The molecule has 2 nitrogen and oxygen atoms in total. The minimum atomic E-state index is 0.0894. The van der Waals surface area contributed by atoms with Gasteiger partial charge >= 0.3 is 0 Å². The molecule has 0 aromatic carbocycles. The number of fused-ring (bicyclic) bond motifs is 3. The molecule has 4 aliphatic carbocycles. The normalized spacial score (nSPS) is 25.7. The van der Waals surface area contributed by atoms with Gasteiger partial charge in [0.1, 0.15) is 11.6 Å². The average Bonchev–Trinajstić information content (AvgIpc) is 4.43. The number of rotatable bonds is 46. The van der Waals surface area contributed by atoms with Crippen molar-refractivity contribution >= 4 is 34.2 Å². The number of thiophene rings is 2. The fourth-order valence-corrected chi connectivity index (χ4v) is 19.1. The molecule has 4 aliphatic rings. The lowest BCUT2D eigenvalue weighted by molar-refractivity contribution is -0.134. The standard InChI is InChI=1S/C74H126O2S2/c1-7-11-15-19-23-27-29-33-37-41-45-59(43-39-35-31-25-21-17-13-9-3)51-61-63-53-68-66(56-70(74(68)76)72-50-48-58(6)78-72)62(64(63)54-67-65(61)55-69(73(67)75)71-49-47-57(5)77-71)52-60(44-40-36-32-26-22-18-14-10-4)46-42-38-34-30-28-24-20-16-12-8-2/h47-50,59-70H,7-46,51-56H2,1-6H3. The SMILES string of the molecule is CCCCCCCCCCCCC(CCCCCCCCCC)CC1C2CC(c3ccc(C)s3)C(=O)C2CC2C(CC(CCCCCCCCCC)CCCCCCCCCCCC)C3CC(c4ccc(C)s4)C(=O)C3CC12. The van der Waals surface area contributed by atoms with E-state index in [9.17, 15) is 0 Å². The van der Waals surface area contributed by atoms with Gasteiger partial charge < -0.3 is 0 Å². The van der Waals surface area contributed by atoms with E-state index in [0.717, 1.165) is 37.5 Å². The van der Waals surface area contributed by atoms with E-state index >= 15 is 9.59 Å². The maximum atomic E-state index is 15.4. The summed E-state index contributed by atoms with van der Waals surface area (Å²) in [4.78, 5) is 36.2. The minimum Gasteiger partial charge on any atom is -0.299 e. The number of carbonyl (C=O) groups excluding carboxylic acids is 2. The van der Waals surface area contributed by atoms with Gasteiger partial charge in [-0.3, -0.25) is 9.59 Å². The van der Waals surface area contributed by atoms with Crippen molar-refractivity contribution in [2.75, 3.05) is 0 Å². The van der Waals surface area contributed by atoms with Crippen molar-refractivity contribution < 1.29 is 9.59 Å². The fourth-order valence-electron chi connectivity index (χ4n) is 17.1. The second-order valence-corrected chi connectivity index (χ2v) is 30.3. The highest BCUT2D eigenvalue weighted by Gasteiger charge is 2.61. The van der Waals surface area contributed by atoms with Gasteiger partial charge in [0, 0.05) is 31.3 Å². The summed E-state index contributed by atoms with van der Waals surface area (Å²) in [5.41, 5.74) is 0. The van der Waals surface area contributed by atoms with Gasteiger partial charge in [-0.1, -0.05) is 285 Å². The van der Waals surface area contributed by atoms with E-state index in [1.54, 1.807) is 0 Å². The first-order valence-corrected chi connectivity index (χ1v) is 37.1.